The fourth-order valence-electron chi connectivity index (χ4n) is 1.05. The second-order valence-corrected chi connectivity index (χ2v) is 2.23. The van der Waals surface area contributed by atoms with Crippen molar-refractivity contribution >= 4 is 5.91 Å². The summed E-state index contributed by atoms with van der Waals surface area (Å²) < 4.78 is 5.06. The summed E-state index contributed by atoms with van der Waals surface area (Å²) in [5.41, 5.74) is 0. The molecular formula is C7H11NO2. The van der Waals surface area contributed by atoms with Gasteiger partial charge in [-0.25, -0.2) is 0 Å². The first kappa shape index (κ1) is 7.12. The van der Waals surface area contributed by atoms with Gasteiger partial charge in [0.2, 0.25) is 0 Å². The predicted molar refractivity (Wildman–Crippen MR) is 37.1 cm³/mol. The second-order valence-electron chi connectivity index (χ2n) is 2.23. The van der Waals surface area contributed by atoms with Crippen LogP contribution in [0.3, 0.4) is 0 Å². The van der Waals surface area contributed by atoms with E-state index in [4.69, 9.17) is 4.74 Å². The molecule has 1 aliphatic heterocycles. The summed E-state index contributed by atoms with van der Waals surface area (Å²) >= 11 is 0. The van der Waals surface area contributed by atoms with Gasteiger partial charge in [0.05, 0.1) is 0 Å². The minimum absolute atomic E-state index is 0.0880. The summed E-state index contributed by atoms with van der Waals surface area (Å²) in [6.45, 7) is 7.90. The van der Waals surface area contributed by atoms with Crippen molar-refractivity contribution in [2.24, 2.45) is 0 Å². The lowest BCUT2D eigenvalue weighted by Gasteiger charge is -2.15. The quantitative estimate of drug-likeness (QED) is 0.504. The Hall–Kier alpha value is -0.990. The van der Waals surface area contributed by atoms with Gasteiger partial charge >= 0.3 is 0 Å². The third kappa shape index (κ3) is 0.875. The van der Waals surface area contributed by atoms with Gasteiger partial charge in [-0.05, 0) is 13.8 Å². The fraction of sp³-hybridized carbons (Fsp3) is 0.571. The normalized spacial score (nSPS) is 25.4. The molecule has 1 saturated heterocycles. The average molecular weight is 141 g/mol. The third-order valence-corrected chi connectivity index (χ3v) is 1.59. The second kappa shape index (κ2) is 2.33. The predicted octanol–water partition coefficient (Wildman–Crippen LogP) is 0.725. The summed E-state index contributed by atoms with van der Waals surface area (Å²) in [6.07, 6.45) is -0.134. The Labute approximate surface area is 60.3 Å². The molecule has 0 radical (unpaired) electrons. The molecule has 0 aliphatic carbocycles. The largest absolute Gasteiger partial charge is 0.466 e. The Morgan fingerprint density at radius 2 is 2.40 bits per heavy atom. The van der Waals surface area contributed by atoms with Gasteiger partial charge < -0.3 is 9.64 Å². The van der Waals surface area contributed by atoms with Crippen LogP contribution in [0, 0.1) is 0 Å². The molecule has 0 aromatic carbocycles. The van der Waals surface area contributed by atoms with E-state index in [1.54, 1.807) is 4.90 Å². The lowest BCUT2D eigenvalue weighted by atomic mass is 10.4. The van der Waals surface area contributed by atoms with Gasteiger partial charge in [-0.3, -0.25) is 4.79 Å². The van der Waals surface area contributed by atoms with Crippen molar-refractivity contribution in [3.8, 4) is 0 Å². The lowest BCUT2D eigenvalue weighted by Crippen LogP contribution is -2.30. The van der Waals surface area contributed by atoms with E-state index in [0.29, 0.717) is 6.54 Å². The number of ether oxygens (including phenoxy) is 1. The molecule has 3 heteroatoms. The zero-order valence-corrected chi connectivity index (χ0v) is 6.26. The van der Waals surface area contributed by atoms with Crippen LogP contribution in [0.25, 0.3) is 0 Å². The fourth-order valence-corrected chi connectivity index (χ4v) is 1.05. The van der Waals surface area contributed by atoms with Crippen molar-refractivity contribution < 1.29 is 9.53 Å². The van der Waals surface area contributed by atoms with Crippen LogP contribution in [0.4, 0.5) is 0 Å². The highest BCUT2D eigenvalue weighted by atomic mass is 16.5. The van der Waals surface area contributed by atoms with Crippen molar-refractivity contribution in [1.82, 2.24) is 4.90 Å². The molecule has 1 rings (SSSR count). The topological polar surface area (TPSA) is 29.5 Å². The highest BCUT2D eigenvalue weighted by Gasteiger charge is 2.30. The number of hydrogen-bond donors (Lipinski definition) is 0. The third-order valence-electron chi connectivity index (χ3n) is 1.59. The van der Waals surface area contributed by atoms with E-state index in [1.807, 2.05) is 13.8 Å². The Morgan fingerprint density at radius 3 is 2.60 bits per heavy atom. The molecule has 0 spiro atoms. The van der Waals surface area contributed by atoms with Crippen LogP contribution in [-0.4, -0.2) is 23.6 Å². The maximum Gasteiger partial charge on any atom is 0.291 e. The molecule has 0 N–H and O–H groups in total. The molecule has 0 aromatic rings. The Balaban J connectivity index is 2.74. The molecule has 0 saturated carbocycles. The van der Waals surface area contributed by atoms with Crippen molar-refractivity contribution in [2.75, 3.05) is 6.54 Å². The zero-order valence-electron chi connectivity index (χ0n) is 6.26. The number of carbonyl (C=O) groups is 1. The number of hydrogen-bond acceptors (Lipinski definition) is 2. The smallest absolute Gasteiger partial charge is 0.291 e. The zero-order chi connectivity index (χ0) is 7.72. The molecule has 0 aromatic heterocycles. The van der Waals surface area contributed by atoms with Crippen LogP contribution in [0.1, 0.15) is 13.8 Å². The molecule has 3 nitrogen and oxygen atoms in total. The van der Waals surface area contributed by atoms with Crippen LogP contribution < -0.4 is 0 Å². The van der Waals surface area contributed by atoms with E-state index in [1.165, 1.54) is 0 Å². The summed E-state index contributed by atoms with van der Waals surface area (Å²) in [4.78, 5) is 12.7. The van der Waals surface area contributed by atoms with E-state index in [-0.39, 0.29) is 17.9 Å². The minimum atomic E-state index is -0.134. The minimum Gasteiger partial charge on any atom is -0.466 e. The molecule has 1 atom stereocenters. The van der Waals surface area contributed by atoms with Crippen LogP contribution in [-0.2, 0) is 9.53 Å². The van der Waals surface area contributed by atoms with Gasteiger partial charge in [0.15, 0.2) is 12.0 Å². The Bertz CT molecular complexity index is 176. The molecule has 1 unspecified atom stereocenters. The first-order valence-electron chi connectivity index (χ1n) is 3.33. The number of amides is 1. The van der Waals surface area contributed by atoms with Gasteiger partial charge in [0.25, 0.3) is 5.91 Å². The molecular weight excluding hydrogens is 130 g/mol. The number of likely N-dealkylation sites (N-methyl/N-ethyl adjacent to an activating group) is 1. The number of rotatable bonds is 1. The molecule has 1 amide bonds. The molecule has 10 heavy (non-hydrogen) atoms. The summed E-state index contributed by atoms with van der Waals surface area (Å²) in [5.74, 6) is 0.171. The van der Waals surface area contributed by atoms with Crippen LogP contribution in [0.15, 0.2) is 12.3 Å². The van der Waals surface area contributed by atoms with Crippen molar-refractivity contribution in [3.05, 3.63) is 12.3 Å². The van der Waals surface area contributed by atoms with Crippen molar-refractivity contribution in [2.45, 2.75) is 20.1 Å². The molecule has 56 valence electrons. The van der Waals surface area contributed by atoms with Gasteiger partial charge in [-0.1, -0.05) is 6.58 Å². The molecule has 0 bridgehead atoms. The highest BCUT2D eigenvalue weighted by molar-refractivity contribution is 5.92. The standard InChI is InChI=1S/C7H11NO2/c1-4-8-6(3)10-5(2)7(8)9/h6H,2,4H2,1,3H3. The maximum atomic E-state index is 11.0. The SMILES string of the molecule is C=C1OC(C)N(CC)C1=O. The summed E-state index contributed by atoms with van der Waals surface area (Å²) in [6, 6.07) is 0. The maximum absolute atomic E-state index is 11.0. The van der Waals surface area contributed by atoms with Gasteiger partial charge in [-0.2, -0.15) is 0 Å². The van der Waals surface area contributed by atoms with Crippen LogP contribution >= 0.6 is 0 Å². The van der Waals surface area contributed by atoms with Gasteiger partial charge in [0.1, 0.15) is 0 Å². The summed E-state index contributed by atoms with van der Waals surface area (Å²) in [7, 11) is 0. The van der Waals surface area contributed by atoms with E-state index in [2.05, 4.69) is 6.58 Å². The monoisotopic (exact) mass is 141 g/mol. The van der Waals surface area contributed by atoms with Crippen molar-refractivity contribution in [1.29, 1.82) is 0 Å². The number of nitrogens with zero attached hydrogens (tertiary/aromatic N) is 1. The summed E-state index contributed by atoms with van der Waals surface area (Å²) in [5, 5.41) is 0. The van der Waals surface area contributed by atoms with E-state index >= 15 is 0 Å². The van der Waals surface area contributed by atoms with E-state index < -0.39 is 0 Å². The van der Waals surface area contributed by atoms with Crippen LogP contribution in [0.2, 0.25) is 0 Å². The van der Waals surface area contributed by atoms with E-state index in [9.17, 15) is 4.79 Å². The lowest BCUT2D eigenvalue weighted by molar-refractivity contribution is -0.125. The molecule has 1 heterocycles. The first-order valence-corrected chi connectivity index (χ1v) is 3.33. The van der Waals surface area contributed by atoms with Crippen molar-refractivity contribution in [3.63, 3.8) is 0 Å². The van der Waals surface area contributed by atoms with Crippen LogP contribution in [0.5, 0.6) is 0 Å². The highest BCUT2D eigenvalue weighted by Crippen LogP contribution is 2.17. The van der Waals surface area contributed by atoms with E-state index in [0.717, 1.165) is 0 Å². The molecule has 1 fully saturated rings. The van der Waals surface area contributed by atoms with Gasteiger partial charge in [-0.15, -0.1) is 0 Å². The first-order chi connectivity index (χ1) is 4.66. The van der Waals surface area contributed by atoms with Gasteiger partial charge in [0, 0.05) is 6.54 Å². The Morgan fingerprint density at radius 1 is 1.80 bits per heavy atom. The molecule has 1 aliphatic rings. The Kier molecular flexibility index (Phi) is 1.66. The average Bonchev–Trinajstić information content (AvgIpc) is 2.09. The number of carbonyl (C=O) groups excluding carboxylic acids is 1.